The van der Waals surface area contributed by atoms with E-state index in [1.165, 1.54) is 37.7 Å². The second-order valence-corrected chi connectivity index (χ2v) is 9.89. The second-order valence-electron chi connectivity index (χ2n) is 9.89. The summed E-state index contributed by atoms with van der Waals surface area (Å²) in [5, 5.41) is 7.72. The van der Waals surface area contributed by atoms with E-state index in [9.17, 15) is 4.79 Å². The molecule has 1 saturated carbocycles. The van der Waals surface area contributed by atoms with Crippen LogP contribution < -0.4 is 5.32 Å². The van der Waals surface area contributed by atoms with Crippen LogP contribution in [0.15, 0.2) is 35.5 Å². The minimum atomic E-state index is 0.150. The highest BCUT2D eigenvalue weighted by Crippen LogP contribution is 2.31. The van der Waals surface area contributed by atoms with Crippen LogP contribution in [0, 0.1) is 17.8 Å². The molecule has 0 radical (unpaired) electrons. The molecule has 31 heavy (non-hydrogen) atoms. The van der Waals surface area contributed by atoms with Crippen LogP contribution in [-0.4, -0.2) is 60.4 Å². The number of carbonyl (C=O) groups is 1. The van der Waals surface area contributed by atoms with E-state index in [2.05, 4.69) is 50.6 Å². The second kappa shape index (κ2) is 9.60. The molecule has 0 spiro atoms. The molecule has 168 valence electrons. The van der Waals surface area contributed by atoms with E-state index >= 15 is 0 Å². The first-order valence-corrected chi connectivity index (χ1v) is 12.3. The van der Waals surface area contributed by atoms with E-state index in [0.717, 1.165) is 57.9 Å². The zero-order chi connectivity index (χ0) is 21.0. The summed E-state index contributed by atoms with van der Waals surface area (Å²) in [7, 11) is 0. The third kappa shape index (κ3) is 4.89. The summed E-state index contributed by atoms with van der Waals surface area (Å²) in [5.41, 5.74) is 1.35. The smallest absolute Gasteiger partial charge is 0.223 e. The van der Waals surface area contributed by atoms with Crippen LogP contribution in [0.4, 0.5) is 0 Å². The molecule has 6 nitrogen and oxygen atoms in total. The first-order valence-electron chi connectivity index (χ1n) is 12.3. The van der Waals surface area contributed by atoms with Crippen molar-refractivity contribution in [3.05, 3.63) is 35.9 Å². The van der Waals surface area contributed by atoms with Crippen LogP contribution in [0.1, 0.15) is 50.5 Å². The van der Waals surface area contributed by atoms with E-state index in [4.69, 9.17) is 4.84 Å². The number of benzene rings is 1. The molecule has 1 N–H and O–H groups in total. The van der Waals surface area contributed by atoms with Crippen LogP contribution in [-0.2, 0) is 16.2 Å². The van der Waals surface area contributed by atoms with Gasteiger partial charge in [0, 0.05) is 45.2 Å². The highest BCUT2D eigenvalue weighted by Gasteiger charge is 2.44. The van der Waals surface area contributed by atoms with E-state index in [1.54, 1.807) is 0 Å². The molecule has 1 aromatic carbocycles. The quantitative estimate of drug-likeness (QED) is 0.788. The maximum absolute atomic E-state index is 12.7. The Labute approximate surface area is 186 Å². The molecule has 0 aromatic heterocycles. The van der Waals surface area contributed by atoms with Gasteiger partial charge in [-0.3, -0.25) is 9.69 Å². The van der Waals surface area contributed by atoms with Gasteiger partial charge < -0.3 is 15.1 Å². The van der Waals surface area contributed by atoms with Crippen molar-refractivity contribution in [2.24, 2.45) is 22.9 Å². The largest absolute Gasteiger partial charge is 0.389 e. The number of hydrogen-bond donors (Lipinski definition) is 1. The van der Waals surface area contributed by atoms with Crippen LogP contribution >= 0.6 is 0 Å². The Kier molecular flexibility index (Phi) is 6.44. The summed E-state index contributed by atoms with van der Waals surface area (Å²) in [6, 6.07) is 10.6. The lowest BCUT2D eigenvalue weighted by molar-refractivity contribution is -0.126. The zero-order valence-electron chi connectivity index (χ0n) is 18.5. The van der Waals surface area contributed by atoms with Gasteiger partial charge in [-0.05, 0) is 37.2 Å². The van der Waals surface area contributed by atoms with Gasteiger partial charge in [0.15, 0.2) is 11.9 Å². The van der Waals surface area contributed by atoms with Gasteiger partial charge in [0.25, 0.3) is 0 Å². The minimum Gasteiger partial charge on any atom is -0.389 e. The Morgan fingerprint density at radius 2 is 1.81 bits per heavy atom. The van der Waals surface area contributed by atoms with Gasteiger partial charge in [-0.25, -0.2) is 0 Å². The summed E-state index contributed by atoms with van der Waals surface area (Å²) in [6.45, 7) is 5.60. The Morgan fingerprint density at radius 3 is 2.58 bits per heavy atom. The van der Waals surface area contributed by atoms with Gasteiger partial charge in [-0.2, -0.15) is 0 Å². The molecular formula is C25H36N4O2. The molecule has 5 rings (SSSR count). The standard InChI is InChI=1S/C25H36N4O2/c30-25(26-15-19-7-3-1-4-8-19)21-11-13-29(14-12-21)24-22-17-28(18-23(22)31-27-24)16-20-9-5-2-6-10-20/h2,5-6,9-10,19,21-23H,1,3-4,7-8,11-18H2,(H,26,30)/t22-,23+/m1/s1. The van der Waals surface area contributed by atoms with Crippen molar-refractivity contribution in [1.82, 2.24) is 15.1 Å². The molecule has 2 atom stereocenters. The topological polar surface area (TPSA) is 57.2 Å². The Hall–Kier alpha value is -2.08. The van der Waals surface area contributed by atoms with Gasteiger partial charge in [0.05, 0.1) is 5.92 Å². The maximum Gasteiger partial charge on any atom is 0.223 e. The number of amidine groups is 1. The van der Waals surface area contributed by atoms with Crippen LogP contribution in [0.3, 0.4) is 0 Å². The molecule has 6 heteroatoms. The van der Waals surface area contributed by atoms with Crippen molar-refractivity contribution in [2.75, 3.05) is 32.7 Å². The van der Waals surface area contributed by atoms with E-state index in [0.29, 0.717) is 11.8 Å². The van der Waals surface area contributed by atoms with Gasteiger partial charge in [-0.15, -0.1) is 0 Å². The Balaban J connectivity index is 1.08. The fraction of sp³-hybridized carbons (Fsp3) is 0.680. The number of amides is 1. The van der Waals surface area contributed by atoms with Crippen molar-refractivity contribution in [3.63, 3.8) is 0 Å². The van der Waals surface area contributed by atoms with Gasteiger partial charge in [-0.1, -0.05) is 54.8 Å². The van der Waals surface area contributed by atoms with E-state index < -0.39 is 0 Å². The number of likely N-dealkylation sites (tertiary alicyclic amines) is 2. The molecule has 1 aliphatic carbocycles. The lowest BCUT2D eigenvalue weighted by Gasteiger charge is -2.34. The summed E-state index contributed by atoms with van der Waals surface area (Å²) >= 11 is 0. The third-order valence-corrected chi connectivity index (χ3v) is 7.68. The van der Waals surface area contributed by atoms with Gasteiger partial charge >= 0.3 is 0 Å². The minimum absolute atomic E-state index is 0.150. The number of carbonyl (C=O) groups excluding carboxylic acids is 1. The third-order valence-electron chi connectivity index (χ3n) is 7.68. The van der Waals surface area contributed by atoms with Crippen molar-refractivity contribution in [1.29, 1.82) is 0 Å². The summed E-state index contributed by atoms with van der Waals surface area (Å²) in [5.74, 6) is 2.59. The first kappa shape index (κ1) is 20.8. The van der Waals surface area contributed by atoms with Gasteiger partial charge in [0.2, 0.25) is 5.91 Å². The number of fused-ring (bicyclic) bond motifs is 1. The molecule has 0 unspecified atom stereocenters. The SMILES string of the molecule is O=C(NCC1CCCCC1)C1CCN(C2=NO[C@H]3CN(Cc4ccccc4)C[C@@H]23)CC1. The molecule has 2 saturated heterocycles. The fourth-order valence-electron chi connectivity index (χ4n) is 5.81. The van der Waals surface area contributed by atoms with Crippen molar-refractivity contribution >= 4 is 11.7 Å². The van der Waals surface area contributed by atoms with Gasteiger partial charge in [0.1, 0.15) is 0 Å². The molecule has 3 aliphatic heterocycles. The zero-order valence-corrected chi connectivity index (χ0v) is 18.5. The Bertz CT molecular complexity index is 769. The normalized spacial score (nSPS) is 27.6. The predicted molar refractivity (Wildman–Crippen MR) is 121 cm³/mol. The van der Waals surface area contributed by atoms with Crippen LogP contribution in [0.5, 0.6) is 0 Å². The molecule has 3 heterocycles. The number of oxime groups is 1. The number of rotatable bonds is 5. The van der Waals surface area contributed by atoms with Crippen LogP contribution in [0.25, 0.3) is 0 Å². The summed E-state index contributed by atoms with van der Waals surface area (Å²) < 4.78 is 0. The molecule has 4 aliphatic rings. The maximum atomic E-state index is 12.7. The molecule has 1 amide bonds. The number of nitrogens with one attached hydrogen (secondary N) is 1. The average molecular weight is 425 g/mol. The molecule has 1 aromatic rings. The molecular weight excluding hydrogens is 388 g/mol. The summed E-state index contributed by atoms with van der Waals surface area (Å²) in [6.07, 6.45) is 8.59. The Morgan fingerprint density at radius 1 is 1.03 bits per heavy atom. The molecule has 0 bridgehead atoms. The summed E-state index contributed by atoms with van der Waals surface area (Å²) in [4.78, 5) is 23.3. The van der Waals surface area contributed by atoms with E-state index in [1.807, 2.05) is 0 Å². The van der Waals surface area contributed by atoms with Crippen molar-refractivity contribution in [2.45, 2.75) is 57.6 Å². The highest BCUT2D eigenvalue weighted by atomic mass is 16.6. The number of piperidine rings is 1. The van der Waals surface area contributed by atoms with Crippen LogP contribution in [0.2, 0.25) is 0 Å². The van der Waals surface area contributed by atoms with Crippen molar-refractivity contribution < 1.29 is 9.63 Å². The lowest BCUT2D eigenvalue weighted by atomic mass is 9.89. The average Bonchev–Trinajstić information content (AvgIpc) is 3.39. The monoisotopic (exact) mass is 424 g/mol. The predicted octanol–water partition coefficient (Wildman–Crippen LogP) is 3.24. The molecule has 3 fully saturated rings. The lowest BCUT2D eigenvalue weighted by Crippen LogP contribution is -2.46. The first-order chi connectivity index (χ1) is 15.3. The van der Waals surface area contributed by atoms with Crippen molar-refractivity contribution in [3.8, 4) is 0 Å². The number of nitrogens with zero attached hydrogens (tertiary/aromatic N) is 3. The highest BCUT2D eigenvalue weighted by molar-refractivity contribution is 5.87. The number of hydrogen-bond acceptors (Lipinski definition) is 5. The fourth-order valence-corrected chi connectivity index (χ4v) is 5.81. The van der Waals surface area contributed by atoms with E-state index in [-0.39, 0.29) is 17.9 Å².